The molecular weight excluding hydrogens is 358 g/mol. The number of halogens is 2. The van der Waals surface area contributed by atoms with Crippen molar-refractivity contribution < 1.29 is 17.9 Å². The van der Waals surface area contributed by atoms with E-state index >= 15 is 0 Å². The average molecular weight is 376 g/mol. The zero-order valence-electron chi connectivity index (χ0n) is 14.0. The lowest BCUT2D eigenvalue weighted by Gasteiger charge is -2.26. The Hall–Kier alpha value is -2.25. The second-order valence-corrected chi connectivity index (χ2v) is 7.04. The van der Waals surface area contributed by atoms with Gasteiger partial charge in [0.15, 0.2) is 10.8 Å². The standard InChI is InChI=1S/C19H18F2N2O2S/c20-19(21)25-14-6-7-15-12(9-14)3-1-4-16(15)22-10-13-11-26-18(23-13)17-5-2-8-24-17/h2,5-9,11,16,19,22H,1,3-4,10H2/t16-/m0/s1. The summed E-state index contributed by atoms with van der Waals surface area (Å²) < 4.78 is 34.7. The van der Waals surface area contributed by atoms with Crippen LogP contribution >= 0.6 is 11.3 Å². The molecule has 0 radical (unpaired) electrons. The molecule has 0 fully saturated rings. The smallest absolute Gasteiger partial charge is 0.387 e. The minimum atomic E-state index is -2.79. The Morgan fingerprint density at radius 2 is 2.27 bits per heavy atom. The number of nitrogens with zero attached hydrogens (tertiary/aromatic N) is 1. The molecule has 1 aromatic carbocycles. The van der Waals surface area contributed by atoms with Crippen LogP contribution < -0.4 is 10.1 Å². The molecule has 1 atom stereocenters. The van der Waals surface area contributed by atoms with E-state index in [1.165, 1.54) is 0 Å². The second-order valence-electron chi connectivity index (χ2n) is 6.19. The summed E-state index contributed by atoms with van der Waals surface area (Å²) in [6, 6.07) is 9.16. The third kappa shape index (κ3) is 3.78. The SMILES string of the molecule is FC(F)Oc1ccc2c(c1)CCC[C@@H]2NCc1csc(-c2ccco2)n1. The lowest BCUT2D eigenvalue weighted by molar-refractivity contribution is -0.0499. The van der Waals surface area contributed by atoms with Crippen LogP contribution in [-0.4, -0.2) is 11.6 Å². The molecule has 7 heteroatoms. The molecule has 0 spiro atoms. The van der Waals surface area contributed by atoms with Crippen molar-refractivity contribution in [3.63, 3.8) is 0 Å². The topological polar surface area (TPSA) is 47.3 Å². The quantitative estimate of drug-likeness (QED) is 0.645. The monoisotopic (exact) mass is 376 g/mol. The third-order valence-electron chi connectivity index (χ3n) is 4.47. The summed E-state index contributed by atoms with van der Waals surface area (Å²) in [4.78, 5) is 4.60. The summed E-state index contributed by atoms with van der Waals surface area (Å²) in [6.45, 7) is -2.14. The van der Waals surface area contributed by atoms with Crippen LogP contribution in [0.25, 0.3) is 10.8 Å². The number of ether oxygens (including phenoxy) is 1. The van der Waals surface area contributed by atoms with E-state index in [0.29, 0.717) is 6.54 Å². The normalized spacial score (nSPS) is 16.7. The summed E-state index contributed by atoms with van der Waals surface area (Å²) in [5.41, 5.74) is 3.19. The Morgan fingerprint density at radius 3 is 3.08 bits per heavy atom. The molecule has 3 aromatic rings. The number of hydrogen-bond acceptors (Lipinski definition) is 5. The van der Waals surface area contributed by atoms with Gasteiger partial charge in [0, 0.05) is 18.0 Å². The number of rotatable bonds is 6. The van der Waals surface area contributed by atoms with Crippen molar-refractivity contribution in [2.75, 3.05) is 0 Å². The molecule has 2 heterocycles. The molecule has 1 aliphatic carbocycles. The number of alkyl halides is 2. The first-order valence-corrected chi connectivity index (χ1v) is 9.36. The molecule has 1 N–H and O–H groups in total. The van der Waals surface area contributed by atoms with Crippen molar-refractivity contribution in [2.45, 2.75) is 38.5 Å². The lowest BCUT2D eigenvalue weighted by Crippen LogP contribution is -2.25. The van der Waals surface area contributed by atoms with Gasteiger partial charge in [0.25, 0.3) is 0 Å². The number of furan rings is 1. The van der Waals surface area contributed by atoms with Gasteiger partial charge in [-0.05, 0) is 54.7 Å². The second kappa shape index (κ2) is 7.55. The fourth-order valence-corrected chi connectivity index (χ4v) is 4.09. The number of fused-ring (bicyclic) bond motifs is 1. The molecular formula is C19H18F2N2O2S. The summed E-state index contributed by atoms with van der Waals surface area (Å²) in [5, 5.41) is 6.42. The highest BCUT2D eigenvalue weighted by Crippen LogP contribution is 2.33. The van der Waals surface area contributed by atoms with E-state index in [2.05, 4.69) is 15.0 Å². The van der Waals surface area contributed by atoms with Crippen LogP contribution in [0.3, 0.4) is 0 Å². The van der Waals surface area contributed by atoms with Crippen LogP contribution in [0.1, 0.15) is 35.7 Å². The Kier molecular flexibility index (Phi) is 4.99. The van der Waals surface area contributed by atoms with Crippen molar-refractivity contribution in [3.05, 3.63) is 58.8 Å². The highest BCUT2D eigenvalue weighted by molar-refractivity contribution is 7.13. The van der Waals surface area contributed by atoms with E-state index in [1.807, 2.05) is 23.6 Å². The maximum Gasteiger partial charge on any atom is 0.387 e. The Balaban J connectivity index is 1.43. The average Bonchev–Trinajstić information content (AvgIpc) is 3.30. The van der Waals surface area contributed by atoms with E-state index in [0.717, 1.165) is 46.9 Å². The van der Waals surface area contributed by atoms with Gasteiger partial charge in [-0.1, -0.05) is 6.07 Å². The number of aromatic nitrogens is 1. The molecule has 1 aliphatic rings. The maximum absolute atomic E-state index is 12.4. The molecule has 0 aliphatic heterocycles. The number of hydrogen-bond donors (Lipinski definition) is 1. The minimum Gasteiger partial charge on any atom is -0.462 e. The molecule has 136 valence electrons. The lowest BCUT2D eigenvalue weighted by atomic mass is 9.87. The van der Waals surface area contributed by atoms with Gasteiger partial charge in [-0.3, -0.25) is 0 Å². The number of nitrogens with one attached hydrogen (secondary N) is 1. The van der Waals surface area contributed by atoms with Crippen LogP contribution in [0.5, 0.6) is 5.75 Å². The first-order chi connectivity index (χ1) is 12.7. The molecule has 0 saturated carbocycles. The molecule has 0 saturated heterocycles. The largest absolute Gasteiger partial charge is 0.462 e. The first-order valence-electron chi connectivity index (χ1n) is 8.48. The Bertz CT molecular complexity index is 864. The number of thiazole rings is 1. The van der Waals surface area contributed by atoms with Crippen molar-refractivity contribution in [2.24, 2.45) is 0 Å². The van der Waals surface area contributed by atoms with Crippen molar-refractivity contribution in [1.29, 1.82) is 0 Å². The Labute approximate surface area is 153 Å². The molecule has 0 amide bonds. The fourth-order valence-electron chi connectivity index (χ4n) is 3.31. The third-order valence-corrected chi connectivity index (χ3v) is 5.37. The first kappa shape index (κ1) is 17.2. The van der Waals surface area contributed by atoms with Gasteiger partial charge in [-0.25, -0.2) is 4.98 Å². The molecule has 4 nitrogen and oxygen atoms in total. The van der Waals surface area contributed by atoms with Gasteiger partial charge < -0.3 is 14.5 Å². The predicted molar refractivity (Wildman–Crippen MR) is 95.4 cm³/mol. The zero-order valence-corrected chi connectivity index (χ0v) is 14.8. The van der Waals surface area contributed by atoms with E-state index in [9.17, 15) is 8.78 Å². The van der Waals surface area contributed by atoms with Crippen LogP contribution in [0.4, 0.5) is 8.78 Å². The van der Waals surface area contributed by atoms with Gasteiger partial charge in [0.05, 0.1) is 12.0 Å². The molecule has 26 heavy (non-hydrogen) atoms. The minimum absolute atomic E-state index is 0.188. The van der Waals surface area contributed by atoms with Gasteiger partial charge in [0.1, 0.15) is 5.75 Å². The molecule has 0 unspecified atom stereocenters. The van der Waals surface area contributed by atoms with Gasteiger partial charge >= 0.3 is 6.61 Å². The number of aryl methyl sites for hydroxylation is 1. The van der Waals surface area contributed by atoms with Crippen LogP contribution in [-0.2, 0) is 13.0 Å². The zero-order chi connectivity index (χ0) is 17.9. The summed E-state index contributed by atoms with van der Waals surface area (Å²) >= 11 is 1.55. The Morgan fingerprint density at radius 1 is 1.35 bits per heavy atom. The van der Waals surface area contributed by atoms with Crippen LogP contribution in [0.2, 0.25) is 0 Å². The van der Waals surface area contributed by atoms with Gasteiger partial charge in [-0.15, -0.1) is 11.3 Å². The van der Waals surface area contributed by atoms with Crippen molar-refractivity contribution in [1.82, 2.24) is 10.3 Å². The molecule has 4 rings (SSSR count). The van der Waals surface area contributed by atoms with Crippen molar-refractivity contribution in [3.8, 4) is 16.5 Å². The van der Waals surface area contributed by atoms with E-state index < -0.39 is 6.61 Å². The van der Waals surface area contributed by atoms with Crippen LogP contribution in [0, 0.1) is 0 Å². The highest BCUT2D eigenvalue weighted by Gasteiger charge is 2.21. The van der Waals surface area contributed by atoms with Gasteiger partial charge in [0.2, 0.25) is 0 Å². The van der Waals surface area contributed by atoms with E-state index in [4.69, 9.17) is 4.42 Å². The van der Waals surface area contributed by atoms with Crippen LogP contribution in [0.15, 0.2) is 46.4 Å². The predicted octanol–water partition coefficient (Wildman–Crippen LogP) is 5.17. The summed E-state index contributed by atoms with van der Waals surface area (Å²) in [7, 11) is 0. The maximum atomic E-state index is 12.4. The van der Waals surface area contributed by atoms with Gasteiger partial charge in [-0.2, -0.15) is 8.78 Å². The van der Waals surface area contributed by atoms with E-state index in [1.54, 1.807) is 29.7 Å². The molecule has 0 bridgehead atoms. The fraction of sp³-hybridized carbons (Fsp3) is 0.316. The van der Waals surface area contributed by atoms with E-state index in [-0.39, 0.29) is 11.8 Å². The van der Waals surface area contributed by atoms with Crippen molar-refractivity contribution >= 4 is 11.3 Å². The summed E-state index contributed by atoms with van der Waals surface area (Å²) in [5.74, 6) is 0.998. The highest BCUT2D eigenvalue weighted by atomic mass is 32.1. The number of benzene rings is 1. The summed E-state index contributed by atoms with van der Waals surface area (Å²) in [6.07, 6.45) is 4.54. The molecule has 2 aromatic heterocycles.